The summed E-state index contributed by atoms with van der Waals surface area (Å²) in [6, 6.07) is -0.445. The fraction of sp³-hybridized carbons (Fsp3) is 0.714. The van der Waals surface area contributed by atoms with Gasteiger partial charge < -0.3 is 15.2 Å². The molecule has 1 fully saturated rings. The zero-order chi connectivity index (χ0) is 15.6. The standard InChI is InChI=1S/C14H23N5O2/c1-8(2)13-18-17-11(19(13)4)7-15-14(21)10-5-9(3)6-12(20)16-10/h8-10H,5-7H2,1-4H3,(H,15,21)(H,16,20)/t9-,10-/m0/s1. The Balaban J connectivity index is 1.93. The summed E-state index contributed by atoms with van der Waals surface area (Å²) in [6.45, 7) is 6.39. The maximum atomic E-state index is 12.1. The Morgan fingerprint density at radius 3 is 2.76 bits per heavy atom. The molecule has 1 aliphatic heterocycles. The topological polar surface area (TPSA) is 88.9 Å². The van der Waals surface area contributed by atoms with Gasteiger partial charge in [0.05, 0.1) is 6.54 Å². The first-order chi connectivity index (χ1) is 9.88. The van der Waals surface area contributed by atoms with E-state index >= 15 is 0 Å². The van der Waals surface area contributed by atoms with Gasteiger partial charge in [-0.05, 0) is 12.3 Å². The number of carbonyl (C=O) groups excluding carboxylic acids is 2. The van der Waals surface area contributed by atoms with E-state index in [0.29, 0.717) is 25.2 Å². The predicted octanol–water partition coefficient (Wildman–Crippen LogP) is 0.469. The fourth-order valence-corrected chi connectivity index (χ4v) is 2.61. The van der Waals surface area contributed by atoms with Crippen LogP contribution in [0, 0.1) is 5.92 Å². The largest absolute Gasteiger partial charge is 0.347 e. The lowest BCUT2D eigenvalue weighted by Crippen LogP contribution is -2.50. The third kappa shape index (κ3) is 3.59. The van der Waals surface area contributed by atoms with Crippen LogP contribution in [0.1, 0.15) is 51.2 Å². The van der Waals surface area contributed by atoms with Crippen molar-refractivity contribution in [2.24, 2.45) is 13.0 Å². The highest BCUT2D eigenvalue weighted by Gasteiger charge is 2.28. The van der Waals surface area contributed by atoms with E-state index in [9.17, 15) is 9.59 Å². The number of piperidine rings is 1. The zero-order valence-electron chi connectivity index (χ0n) is 13.0. The van der Waals surface area contributed by atoms with Gasteiger partial charge in [0.25, 0.3) is 0 Å². The lowest BCUT2D eigenvalue weighted by Gasteiger charge is -2.26. The van der Waals surface area contributed by atoms with Gasteiger partial charge in [0, 0.05) is 19.4 Å². The average molecular weight is 293 g/mol. The minimum Gasteiger partial charge on any atom is -0.347 e. The van der Waals surface area contributed by atoms with Crippen LogP contribution in [0.3, 0.4) is 0 Å². The molecule has 0 radical (unpaired) electrons. The van der Waals surface area contributed by atoms with Crippen LogP contribution >= 0.6 is 0 Å². The molecular formula is C14H23N5O2. The zero-order valence-corrected chi connectivity index (χ0v) is 13.0. The van der Waals surface area contributed by atoms with Crippen molar-refractivity contribution in [2.75, 3.05) is 0 Å². The monoisotopic (exact) mass is 293 g/mol. The van der Waals surface area contributed by atoms with Crippen LogP contribution in [0.2, 0.25) is 0 Å². The van der Waals surface area contributed by atoms with Crippen LogP contribution in [0.15, 0.2) is 0 Å². The molecule has 2 amide bonds. The Bertz CT molecular complexity index is 537. The smallest absolute Gasteiger partial charge is 0.242 e. The van der Waals surface area contributed by atoms with Gasteiger partial charge in [-0.1, -0.05) is 20.8 Å². The summed E-state index contributed by atoms with van der Waals surface area (Å²) >= 11 is 0. The average Bonchev–Trinajstić information content (AvgIpc) is 2.76. The Kier molecular flexibility index (Phi) is 4.59. The van der Waals surface area contributed by atoms with Crippen LogP contribution in [0.5, 0.6) is 0 Å². The van der Waals surface area contributed by atoms with Crippen molar-refractivity contribution in [3.05, 3.63) is 11.6 Å². The van der Waals surface area contributed by atoms with E-state index in [1.165, 1.54) is 0 Å². The molecular weight excluding hydrogens is 270 g/mol. The molecule has 1 aromatic rings. The summed E-state index contributed by atoms with van der Waals surface area (Å²) in [5.74, 6) is 1.89. The second kappa shape index (κ2) is 6.24. The fourth-order valence-electron chi connectivity index (χ4n) is 2.61. The molecule has 7 heteroatoms. The number of nitrogens with zero attached hydrogens (tertiary/aromatic N) is 3. The number of aromatic nitrogens is 3. The van der Waals surface area contributed by atoms with Crippen molar-refractivity contribution in [1.82, 2.24) is 25.4 Å². The Labute approximate surface area is 124 Å². The molecule has 2 N–H and O–H groups in total. The Morgan fingerprint density at radius 1 is 1.48 bits per heavy atom. The molecule has 0 spiro atoms. The summed E-state index contributed by atoms with van der Waals surface area (Å²) in [6.07, 6.45) is 1.17. The molecule has 2 atom stereocenters. The number of hydrogen-bond donors (Lipinski definition) is 2. The number of amides is 2. The van der Waals surface area contributed by atoms with Gasteiger partial charge in [-0.15, -0.1) is 10.2 Å². The van der Waals surface area contributed by atoms with Crippen LogP contribution in [0.4, 0.5) is 0 Å². The van der Waals surface area contributed by atoms with E-state index in [1.54, 1.807) is 0 Å². The van der Waals surface area contributed by atoms with E-state index in [0.717, 1.165) is 5.82 Å². The SMILES string of the molecule is CC(C)c1nnc(CNC(=O)[C@@H]2C[C@H](C)CC(=O)N2)n1C. The highest BCUT2D eigenvalue weighted by molar-refractivity contribution is 5.88. The second-order valence-corrected chi connectivity index (χ2v) is 6.07. The van der Waals surface area contributed by atoms with Gasteiger partial charge in [0.1, 0.15) is 11.9 Å². The highest BCUT2D eigenvalue weighted by atomic mass is 16.2. The van der Waals surface area contributed by atoms with Crippen LogP contribution < -0.4 is 10.6 Å². The molecule has 0 saturated carbocycles. The van der Waals surface area contributed by atoms with E-state index in [-0.39, 0.29) is 23.7 Å². The lowest BCUT2D eigenvalue weighted by atomic mass is 9.93. The quantitative estimate of drug-likeness (QED) is 0.844. The molecule has 1 aliphatic rings. The van der Waals surface area contributed by atoms with Gasteiger partial charge >= 0.3 is 0 Å². The minimum absolute atomic E-state index is 0.0605. The first-order valence-electron chi connectivity index (χ1n) is 7.33. The highest BCUT2D eigenvalue weighted by Crippen LogP contribution is 2.16. The van der Waals surface area contributed by atoms with Crippen LogP contribution in [0.25, 0.3) is 0 Å². The van der Waals surface area contributed by atoms with Crippen LogP contribution in [-0.4, -0.2) is 32.6 Å². The molecule has 116 valence electrons. The van der Waals surface area contributed by atoms with E-state index in [2.05, 4.69) is 20.8 Å². The van der Waals surface area contributed by atoms with E-state index in [4.69, 9.17) is 0 Å². The first-order valence-corrected chi connectivity index (χ1v) is 7.33. The van der Waals surface area contributed by atoms with Crippen molar-refractivity contribution in [3.63, 3.8) is 0 Å². The van der Waals surface area contributed by atoms with Crippen LogP contribution in [-0.2, 0) is 23.2 Å². The number of carbonyl (C=O) groups is 2. The van der Waals surface area contributed by atoms with Gasteiger partial charge in [0.15, 0.2) is 5.82 Å². The minimum atomic E-state index is -0.445. The summed E-state index contributed by atoms with van der Waals surface area (Å²) in [5, 5.41) is 13.8. The molecule has 2 heterocycles. The third-order valence-corrected chi connectivity index (χ3v) is 3.76. The molecule has 1 aromatic heterocycles. The summed E-state index contributed by atoms with van der Waals surface area (Å²) in [4.78, 5) is 23.6. The lowest BCUT2D eigenvalue weighted by molar-refractivity contribution is -0.132. The van der Waals surface area contributed by atoms with Crippen molar-refractivity contribution in [3.8, 4) is 0 Å². The molecule has 21 heavy (non-hydrogen) atoms. The van der Waals surface area contributed by atoms with Crippen molar-refractivity contribution < 1.29 is 9.59 Å². The van der Waals surface area contributed by atoms with Gasteiger partial charge in [-0.2, -0.15) is 0 Å². The van der Waals surface area contributed by atoms with Crippen molar-refractivity contribution >= 4 is 11.8 Å². The molecule has 1 saturated heterocycles. The normalized spacial score (nSPS) is 22.2. The van der Waals surface area contributed by atoms with E-state index in [1.807, 2.05) is 32.4 Å². The molecule has 7 nitrogen and oxygen atoms in total. The van der Waals surface area contributed by atoms with E-state index < -0.39 is 6.04 Å². The Morgan fingerprint density at radius 2 is 2.19 bits per heavy atom. The first kappa shape index (κ1) is 15.5. The summed E-state index contributed by atoms with van der Waals surface area (Å²) in [5.41, 5.74) is 0. The summed E-state index contributed by atoms with van der Waals surface area (Å²) in [7, 11) is 1.89. The molecule has 0 aromatic carbocycles. The maximum absolute atomic E-state index is 12.1. The third-order valence-electron chi connectivity index (χ3n) is 3.76. The number of rotatable bonds is 4. The molecule has 0 aliphatic carbocycles. The maximum Gasteiger partial charge on any atom is 0.242 e. The predicted molar refractivity (Wildman–Crippen MR) is 77.3 cm³/mol. The van der Waals surface area contributed by atoms with Crippen molar-refractivity contribution in [1.29, 1.82) is 0 Å². The summed E-state index contributed by atoms with van der Waals surface area (Å²) < 4.78 is 1.90. The van der Waals surface area contributed by atoms with Crippen molar-refractivity contribution in [2.45, 2.75) is 52.1 Å². The van der Waals surface area contributed by atoms with Gasteiger partial charge in [-0.25, -0.2) is 0 Å². The molecule has 0 unspecified atom stereocenters. The molecule has 0 bridgehead atoms. The second-order valence-electron chi connectivity index (χ2n) is 6.07. The van der Waals surface area contributed by atoms with Gasteiger partial charge in [-0.3, -0.25) is 9.59 Å². The van der Waals surface area contributed by atoms with Gasteiger partial charge in [0.2, 0.25) is 11.8 Å². The Hall–Kier alpha value is -1.92. The number of nitrogens with one attached hydrogen (secondary N) is 2. The molecule has 2 rings (SSSR count). The number of hydrogen-bond acceptors (Lipinski definition) is 4.